The fraction of sp³-hybridized carbons (Fsp3) is 0.238. The lowest BCUT2D eigenvalue weighted by molar-refractivity contribution is 0.0949. The SMILES string of the molecule is CCOc1ccccc1CCCNC(=O)c1cc2ccccc2oc1=O. The fourth-order valence-electron chi connectivity index (χ4n) is 2.80. The Hall–Kier alpha value is -3.08. The van der Waals surface area contributed by atoms with Gasteiger partial charge in [-0.15, -0.1) is 0 Å². The van der Waals surface area contributed by atoms with Gasteiger partial charge in [-0.05, 0) is 43.5 Å². The number of fused-ring (bicyclic) bond motifs is 1. The molecule has 0 aliphatic heterocycles. The normalized spacial score (nSPS) is 10.7. The molecule has 0 spiro atoms. The molecule has 0 fully saturated rings. The van der Waals surface area contributed by atoms with Gasteiger partial charge >= 0.3 is 5.63 Å². The van der Waals surface area contributed by atoms with E-state index < -0.39 is 11.5 Å². The molecule has 5 nitrogen and oxygen atoms in total. The Labute approximate surface area is 151 Å². The van der Waals surface area contributed by atoms with Crippen LogP contribution in [0.1, 0.15) is 29.3 Å². The average molecular weight is 351 g/mol. The van der Waals surface area contributed by atoms with E-state index in [1.807, 2.05) is 37.3 Å². The van der Waals surface area contributed by atoms with E-state index in [0.717, 1.165) is 29.5 Å². The maximum atomic E-state index is 12.3. The summed E-state index contributed by atoms with van der Waals surface area (Å²) in [4.78, 5) is 24.3. The first-order chi connectivity index (χ1) is 12.7. The van der Waals surface area contributed by atoms with Crippen LogP contribution >= 0.6 is 0 Å². The van der Waals surface area contributed by atoms with Gasteiger partial charge in [-0.2, -0.15) is 0 Å². The standard InChI is InChI=1S/C21H21NO4/c1-2-25-18-11-5-3-8-15(18)10-7-13-22-20(23)17-14-16-9-4-6-12-19(16)26-21(17)24/h3-6,8-9,11-12,14H,2,7,10,13H2,1H3,(H,22,23). The van der Waals surface area contributed by atoms with Crippen molar-refractivity contribution < 1.29 is 13.9 Å². The molecule has 0 saturated carbocycles. The topological polar surface area (TPSA) is 68.5 Å². The summed E-state index contributed by atoms with van der Waals surface area (Å²) in [6.07, 6.45) is 1.53. The molecule has 26 heavy (non-hydrogen) atoms. The minimum atomic E-state index is -0.622. The lowest BCUT2D eigenvalue weighted by Gasteiger charge is -2.10. The summed E-state index contributed by atoms with van der Waals surface area (Å²) in [7, 11) is 0. The van der Waals surface area contributed by atoms with Crippen molar-refractivity contribution in [2.45, 2.75) is 19.8 Å². The minimum Gasteiger partial charge on any atom is -0.494 e. The summed E-state index contributed by atoms with van der Waals surface area (Å²) >= 11 is 0. The Morgan fingerprint density at radius 3 is 2.73 bits per heavy atom. The maximum Gasteiger partial charge on any atom is 0.349 e. The molecule has 134 valence electrons. The molecule has 5 heteroatoms. The van der Waals surface area contributed by atoms with E-state index in [1.54, 1.807) is 24.3 Å². The quantitative estimate of drug-likeness (QED) is 0.522. The van der Waals surface area contributed by atoms with Crippen LogP contribution in [-0.4, -0.2) is 19.1 Å². The van der Waals surface area contributed by atoms with E-state index in [9.17, 15) is 9.59 Å². The molecule has 3 rings (SSSR count). The van der Waals surface area contributed by atoms with Gasteiger partial charge < -0.3 is 14.5 Å². The second kappa shape index (κ2) is 8.34. The van der Waals surface area contributed by atoms with Crippen molar-refractivity contribution in [2.24, 2.45) is 0 Å². The molecule has 1 heterocycles. The molecule has 0 atom stereocenters. The molecule has 0 unspecified atom stereocenters. The van der Waals surface area contributed by atoms with Gasteiger partial charge in [0.05, 0.1) is 6.61 Å². The fourth-order valence-corrected chi connectivity index (χ4v) is 2.80. The number of hydrogen-bond donors (Lipinski definition) is 1. The number of ether oxygens (including phenoxy) is 1. The number of aryl methyl sites for hydroxylation is 1. The highest BCUT2D eigenvalue weighted by Gasteiger charge is 2.13. The van der Waals surface area contributed by atoms with Crippen molar-refractivity contribution in [2.75, 3.05) is 13.2 Å². The van der Waals surface area contributed by atoms with Gasteiger partial charge in [0.1, 0.15) is 16.9 Å². The number of hydrogen-bond acceptors (Lipinski definition) is 4. The summed E-state index contributed by atoms with van der Waals surface area (Å²) in [6.45, 7) is 3.03. The number of amides is 1. The molecule has 0 bridgehead atoms. The number of rotatable bonds is 7. The monoisotopic (exact) mass is 351 g/mol. The molecule has 0 radical (unpaired) electrons. The molecule has 0 aliphatic carbocycles. The largest absolute Gasteiger partial charge is 0.494 e. The summed E-state index contributed by atoms with van der Waals surface area (Å²) in [6, 6.07) is 16.6. The predicted molar refractivity (Wildman–Crippen MR) is 101 cm³/mol. The third kappa shape index (κ3) is 4.11. The smallest absolute Gasteiger partial charge is 0.349 e. The number of carbonyl (C=O) groups is 1. The van der Waals surface area contributed by atoms with Gasteiger partial charge in [-0.25, -0.2) is 4.79 Å². The Morgan fingerprint density at radius 1 is 1.12 bits per heavy atom. The van der Waals surface area contributed by atoms with Gasteiger partial charge in [-0.3, -0.25) is 4.79 Å². The van der Waals surface area contributed by atoms with Crippen LogP contribution in [0.5, 0.6) is 5.75 Å². The Morgan fingerprint density at radius 2 is 1.88 bits per heavy atom. The Kier molecular flexibility index (Phi) is 5.69. The van der Waals surface area contributed by atoms with Crippen LogP contribution in [0.25, 0.3) is 11.0 Å². The van der Waals surface area contributed by atoms with Crippen LogP contribution < -0.4 is 15.7 Å². The van der Waals surface area contributed by atoms with Crippen molar-refractivity contribution in [1.82, 2.24) is 5.32 Å². The molecule has 2 aromatic carbocycles. The predicted octanol–water partition coefficient (Wildman–Crippen LogP) is 3.55. The average Bonchev–Trinajstić information content (AvgIpc) is 2.66. The highest BCUT2D eigenvalue weighted by Crippen LogP contribution is 2.19. The van der Waals surface area contributed by atoms with Crippen LogP contribution in [-0.2, 0) is 6.42 Å². The number of nitrogens with one attached hydrogen (secondary N) is 1. The zero-order chi connectivity index (χ0) is 18.4. The molecular weight excluding hydrogens is 330 g/mol. The van der Waals surface area contributed by atoms with Crippen LogP contribution in [0.2, 0.25) is 0 Å². The van der Waals surface area contributed by atoms with E-state index >= 15 is 0 Å². The molecule has 1 aromatic heterocycles. The van der Waals surface area contributed by atoms with Gasteiger partial charge in [0.25, 0.3) is 5.91 Å². The summed E-state index contributed by atoms with van der Waals surface area (Å²) < 4.78 is 10.8. The third-order valence-corrected chi connectivity index (χ3v) is 4.07. The Bertz CT molecular complexity index is 961. The first-order valence-electron chi connectivity index (χ1n) is 8.71. The molecule has 0 aliphatic rings. The Balaban J connectivity index is 1.60. The number of para-hydroxylation sites is 2. The second-order valence-electron chi connectivity index (χ2n) is 5.89. The minimum absolute atomic E-state index is 0.0263. The van der Waals surface area contributed by atoms with Crippen LogP contribution in [0.3, 0.4) is 0 Å². The lowest BCUT2D eigenvalue weighted by Crippen LogP contribution is -2.29. The molecule has 1 amide bonds. The van der Waals surface area contributed by atoms with Crippen LogP contribution in [0.15, 0.2) is 63.8 Å². The third-order valence-electron chi connectivity index (χ3n) is 4.07. The highest BCUT2D eigenvalue weighted by atomic mass is 16.5. The molecule has 3 aromatic rings. The van der Waals surface area contributed by atoms with E-state index in [1.165, 1.54) is 0 Å². The highest BCUT2D eigenvalue weighted by molar-refractivity contribution is 5.96. The van der Waals surface area contributed by atoms with Crippen molar-refractivity contribution in [3.8, 4) is 5.75 Å². The second-order valence-corrected chi connectivity index (χ2v) is 5.89. The van der Waals surface area contributed by atoms with E-state index in [2.05, 4.69) is 5.32 Å². The van der Waals surface area contributed by atoms with Gasteiger partial charge in [0.2, 0.25) is 0 Å². The summed E-state index contributed by atoms with van der Waals surface area (Å²) in [5, 5.41) is 3.51. The molecule has 1 N–H and O–H groups in total. The lowest BCUT2D eigenvalue weighted by atomic mass is 10.1. The van der Waals surface area contributed by atoms with Crippen molar-refractivity contribution in [1.29, 1.82) is 0 Å². The first kappa shape index (κ1) is 17.7. The van der Waals surface area contributed by atoms with Crippen LogP contribution in [0.4, 0.5) is 0 Å². The van der Waals surface area contributed by atoms with Gasteiger partial charge in [0, 0.05) is 11.9 Å². The van der Waals surface area contributed by atoms with Gasteiger partial charge in [0.15, 0.2) is 0 Å². The number of carbonyl (C=O) groups excluding carboxylic acids is 1. The molecular formula is C21H21NO4. The maximum absolute atomic E-state index is 12.3. The summed E-state index contributed by atoms with van der Waals surface area (Å²) in [5.41, 5.74) is 0.983. The molecule has 0 saturated heterocycles. The summed E-state index contributed by atoms with van der Waals surface area (Å²) in [5.74, 6) is 0.457. The zero-order valence-electron chi connectivity index (χ0n) is 14.7. The number of benzene rings is 2. The van der Waals surface area contributed by atoms with Gasteiger partial charge in [-0.1, -0.05) is 36.4 Å². The zero-order valence-corrected chi connectivity index (χ0v) is 14.7. The van der Waals surface area contributed by atoms with Crippen molar-refractivity contribution in [3.63, 3.8) is 0 Å². The van der Waals surface area contributed by atoms with E-state index in [4.69, 9.17) is 9.15 Å². The van der Waals surface area contributed by atoms with E-state index in [-0.39, 0.29) is 5.56 Å². The first-order valence-corrected chi connectivity index (χ1v) is 8.71. The van der Waals surface area contributed by atoms with E-state index in [0.29, 0.717) is 18.7 Å². The van der Waals surface area contributed by atoms with Crippen molar-refractivity contribution in [3.05, 3.63) is 76.1 Å². The van der Waals surface area contributed by atoms with Crippen LogP contribution in [0, 0.1) is 0 Å². The van der Waals surface area contributed by atoms with Crippen molar-refractivity contribution >= 4 is 16.9 Å².